The summed E-state index contributed by atoms with van der Waals surface area (Å²) in [7, 11) is 0. The van der Waals surface area contributed by atoms with E-state index in [9.17, 15) is 14.7 Å². The molecule has 1 heterocycles. The van der Waals surface area contributed by atoms with E-state index in [-0.39, 0.29) is 13.0 Å². The van der Waals surface area contributed by atoms with Crippen LogP contribution >= 0.6 is 0 Å². The Hall–Kier alpha value is -1.30. The molecule has 6 nitrogen and oxygen atoms in total. The molecule has 2 N–H and O–H groups in total. The Morgan fingerprint density at radius 2 is 1.94 bits per heavy atom. The number of nitrogens with zero attached hydrogens (tertiary/aromatic N) is 1. The third-order valence-electron chi connectivity index (χ3n) is 2.26. The smallest absolute Gasteiger partial charge is 0.408 e. The maximum Gasteiger partial charge on any atom is 0.408 e. The summed E-state index contributed by atoms with van der Waals surface area (Å²) in [5, 5.41) is 18.4. The molecule has 1 saturated heterocycles. The molecule has 0 radical (unpaired) electrons. The van der Waals surface area contributed by atoms with Crippen molar-refractivity contribution >= 4 is 12.1 Å². The van der Waals surface area contributed by atoms with E-state index in [0.29, 0.717) is 0 Å². The second-order valence-corrected chi connectivity index (χ2v) is 4.81. The number of esters is 1. The molecule has 1 aliphatic rings. The van der Waals surface area contributed by atoms with Gasteiger partial charge in [0.1, 0.15) is 5.60 Å². The monoisotopic (exact) mass is 231 g/mol. The van der Waals surface area contributed by atoms with Gasteiger partial charge in [-0.15, -0.1) is 0 Å². The molecule has 0 aromatic heterocycles. The Morgan fingerprint density at radius 3 is 2.38 bits per heavy atom. The number of rotatable bonds is 1. The van der Waals surface area contributed by atoms with Gasteiger partial charge < -0.3 is 14.9 Å². The molecule has 0 aromatic carbocycles. The highest BCUT2D eigenvalue weighted by molar-refractivity contribution is 5.82. The summed E-state index contributed by atoms with van der Waals surface area (Å²) in [5.74, 6) is -0.695. The Morgan fingerprint density at radius 1 is 1.38 bits per heavy atom. The van der Waals surface area contributed by atoms with E-state index in [4.69, 9.17) is 9.84 Å². The summed E-state index contributed by atoms with van der Waals surface area (Å²) in [6.07, 6.45) is -1.94. The normalized spacial score (nSPS) is 25.6. The number of amides is 1. The van der Waals surface area contributed by atoms with Crippen molar-refractivity contribution in [2.45, 2.75) is 44.9 Å². The summed E-state index contributed by atoms with van der Waals surface area (Å²) in [5.41, 5.74) is -0.691. The van der Waals surface area contributed by atoms with Crippen molar-refractivity contribution < 1.29 is 24.5 Å². The van der Waals surface area contributed by atoms with Crippen molar-refractivity contribution in [3.63, 3.8) is 0 Å². The van der Waals surface area contributed by atoms with Gasteiger partial charge in [-0.3, -0.25) is 4.90 Å². The highest BCUT2D eigenvalue weighted by atomic mass is 16.6. The molecule has 0 aliphatic carbocycles. The summed E-state index contributed by atoms with van der Waals surface area (Å²) in [6, 6.07) is -1.10. The molecule has 6 heteroatoms. The quantitative estimate of drug-likeness (QED) is 0.639. The van der Waals surface area contributed by atoms with Gasteiger partial charge in [-0.25, -0.2) is 9.59 Å². The maximum atomic E-state index is 11.7. The fourth-order valence-corrected chi connectivity index (χ4v) is 1.64. The van der Waals surface area contributed by atoms with Crippen LogP contribution in [-0.2, 0) is 9.53 Å². The zero-order valence-electron chi connectivity index (χ0n) is 9.64. The Bertz CT molecular complexity index is 296. The van der Waals surface area contributed by atoms with E-state index in [1.165, 1.54) is 0 Å². The molecule has 2 unspecified atom stereocenters. The Labute approximate surface area is 93.8 Å². The molecular formula is C10H17NO5. The van der Waals surface area contributed by atoms with Gasteiger partial charge in [-0.05, 0) is 27.2 Å². The largest absolute Gasteiger partial charge is 0.465 e. The second kappa shape index (κ2) is 4.29. The van der Waals surface area contributed by atoms with Gasteiger partial charge in [-0.1, -0.05) is 0 Å². The van der Waals surface area contributed by atoms with E-state index in [1.54, 1.807) is 20.8 Å². The molecule has 0 bridgehead atoms. The molecule has 0 saturated carbocycles. The predicted molar refractivity (Wildman–Crippen MR) is 55.0 cm³/mol. The van der Waals surface area contributed by atoms with Gasteiger partial charge in [0.2, 0.25) is 0 Å². The van der Waals surface area contributed by atoms with Crippen molar-refractivity contribution in [2.24, 2.45) is 0 Å². The number of aliphatic hydroxyl groups is 1. The molecule has 0 spiro atoms. The number of carboxylic acid groups (broad SMARTS) is 1. The molecule has 16 heavy (non-hydrogen) atoms. The Balaban J connectivity index is 2.76. The minimum atomic E-state index is -1.22. The van der Waals surface area contributed by atoms with Crippen molar-refractivity contribution in [2.75, 3.05) is 6.54 Å². The lowest BCUT2D eigenvalue weighted by molar-refractivity contribution is -0.162. The Kier molecular flexibility index (Phi) is 3.42. The van der Waals surface area contributed by atoms with E-state index in [1.807, 2.05) is 0 Å². The zero-order chi connectivity index (χ0) is 12.5. The number of ether oxygens (including phenoxy) is 1. The lowest BCUT2D eigenvalue weighted by Crippen LogP contribution is -2.47. The average Bonchev–Trinajstić information content (AvgIpc) is 2.43. The van der Waals surface area contributed by atoms with Crippen LogP contribution in [0.3, 0.4) is 0 Å². The number of aliphatic hydroxyl groups excluding tert-OH is 1. The van der Waals surface area contributed by atoms with E-state index < -0.39 is 29.8 Å². The third kappa shape index (κ3) is 2.85. The number of carbonyl (C=O) groups excluding carboxylic acids is 1. The maximum absolute atomic E-state index is 11.7. The summed E-state index contributed by atoms with van der Waals surface area (Å²) < 4.78 is 5.07. The second-order valence-electron chi connectivity index (χ2n) is 4.81. The number of hydrogen-bond acceptors (Lipinski definition) is 4. The van der Waals surface area contributed by atoms with Crippen LogP contribution < -0.4 is 0 Å². The SMILES string of the molecule is CC(C)(C)OC(=O)C1C(O)CCN1C(=O)O. The highest BCUT2D eigenvalue weighted by Gasteiger charge is 2.43. The van der Waals surface area contributed by atoms with Gasteiger partial charge in [0.05, 0.1) is 6.10 Å². The van der Waals surface area contributed by atoms with Gasteiger partial charge in [0.25, 0.3) is 0 Å². The van der Waals surface area contributed by atoms with Crippen LogP contribution in [0.25, 0.3) is 0 Å². The van der Waals surface area contributed by atoms with E-state index in [2.05, 4.69) is 0 Å². The first-order chi connectivity index (χ1) is 7.22. The van der Waals surface area contributed by atoms with Crippen LogP contribution in [0.1, 0.15) is 27.2 Å². The molecule has 0 aromatic rings. The number of hydrogen-bond donors (Lipinski definition) is 2. The van der Waals surface area contributed by atoms with Crippen molar-refractivity contribution in [3.8, 4) is 0 Å². The fraction of sp³-hybridized carbons (Fsp3) is 0.800. The van der Waals surface area contributed by atoms with Crippen molar-refractivity contribution in [1.29, 1.82) is 0 Å². The van der Waals surface area contributed by atoms with E-state index >= 15 is 0 Å². The molecule has 2 atom stereocenters. The van der Waals surface area contributed by atoms with Crippen molar-refractivity contribution in [3.05, 3.63) is 0 Å². The molecule has 92 valence electrons. The van der Waals surface area contributed by atoms with Gasteiger partial charge in [-0.2, -0.15) is 0 Å². The van der Waals surface area contributed by atoms with Gasteiger partial charge >= 0.3 is 12.1 Å². The first kappa shape index (κ1) is 12.8. The van der Waals surface area contributed by atoms with E-state index in [0.717, 1.165) is 4.90 Å². The van der Waals surface area contributed by atoms with Gasteiger partial charge in [0.15, 0.2) is 6.04 Å². The molecular weight excluding hydrogens is 214 g/mol. The fourth-order valence-electron chi connectivity index (χ4n) is 1.64. The number of likely N-dealkylation sites (tertiary alicyclic amines) is 1. The summed E-state index contributed by atoms with van der Waals surface area (Å²) in [6.45, 7) is 5.23. The lowest BCUT2D eigenvalue weighted by Gasteiger charge is -2.26. The standard InChI is InChI=1S/C10H17NO5/c1-10(2,3)16-8(13)7-6(12)4-5-11(7)9(14)15/h6-7,12H,4-5H2,1-3H3,(H,14,15). The highest BCUT2D eigenvalue weighted by Crippen LogP contribution is 2.21. The molecule has 1 fully saturated rings. The first-order valence-electron chi connectivity index (χ1n) is 5.13. The summed E-state index contributed by atoms with van der Waals surface area (Å²) in [4.78, 5) is 23.4. The first-order valence-corrected chi connectivity index (χ1v) is 5.13. The van der Waals surface area contributed by atoms with Crippen LogP contribution in [0.15, 0.2) is 0 Å². The van der Waals surface area contributed by atoms with Crippen LogP contribution in [0, 0.1) is 0 Å². The van der Waals surface area contributed by atoms with Crippen LogP contribution in [-0.4, -0.2) is 51.5 Å². The topological polar surface area (TPSA) is 87.1 Å². The van der Waals surface area contributed by atoms with Crippen LogP contribution in [0.4, 0.5) is 4.79 Å². The molecule has 1 amide bonds. The predicted octanol–water partition coefficient (Wildman–Crippen LogP) is 0.441. The summed E-state index contributed by atoms with van der Waals surface area (Å²) >= 11 is 0. The van der Waals surface area contributed by atoms with Gasteiger partial charge in [0, 0.05) is 6.54 Å². The molecule has 1 rings (SSSR count). The van der Waals surface area contributed by atoms with Crippen molar-refractivity contribution in [1.82, 2.24) is 4.90 Å². The zero-order valence-corrected chi connectivity index (χ0v) is 9.64. The lowest BCUT2D eigenvalue weighted by atomic mass is 10.1. The van der Waals surface area contributed by atoms with Crippen LogP contribution in [0.5, 0.6) is 0 Å². The molecule has 1 aliphatic heterocycles. The average molecular weight is 231 g/mol. The minimum Gasteiger partial charge on any atom is -0.465 e. The number of carbonyl (C=O) groups is 2. The van der Waals surface area contributed by atoms with Crippen LogP contribution in [0.2, 0.25) is 0 Å². The minimum absolute atomic E-state index is 0.153. The third-order valence-corrected chi connectivity index (χ3v) is 2.26.